The first-order valence-electron chi connectivity index (χ1n) is 5.03. The highest BCUT2D eigenvalue weighted by molar-refractivity contribution is 7.89. The molecule has 0 rings (SSSR count). The number of rotatable bonds is 7. The third kappa shape index (κ3) is 6.05. The molecule has 0 bridgehead atoms. The van der Waals surface area contributed by atoms with Crippen LogP contribution in [0.25, 0.3) is 0 Å². The molecular formula is C9H21NO2S. The molecule has 0 aliphatic carbocycles. The molecule has 0 aliphatic heterocycles. The van der Waals surface area contributed by atoms with Crippen LogP contribution in [0.5, 0.6) is 0 Å². The van der Waals surface area contributed by atoms with E-state index < -0.39 is 10.0 Å². The van der Waals surface area contributed by atoms with Crippen molar-refractivity contribution in [1.29, 1.82) is 0 Å². The van der Waals surface area contributed by atoms with Crippen molar-refractivity contribution in [2.45, 2.75) is 40.0 Å². The Morgan fingerprint density at radius 1 is 1.15 bits per heavy atom. The van der Waals surface area contributed by atoms with Gasteiger partial charge in [-0.05, 0) is 12.3 Å². The van der Waals surface area contributed by atoms with E-state index in [1.165, 1.54) is 0 Å². The highest BCUT2D eigenvalue weighted by atomic mass is 32.2. The molecule has 0 atom stereocenters. The first kappa shape index (κ1) is 12.9. The van der Waals surface area contributed by atoms with E-state index in [-0.39, 0.29) is 5.75 Å². The summed E-state index contributed by atoms with van der Waals surface area (Å²) in [6, 6.07) is 0. The molecule has 0 heterocycles. The molecule has 0 amide bonds. The van der Waals surface area contributed by atoms with Crippen LogP contribution in [0.2, 0.25) is 0 Å². The quantitative estimate of drug-likeness (QED) is 0.691. The van der Waals surface area contributed by atoms with Gasteiger partial charge in [-0.2, -0.15) is 0 Å². The van der Waals surface area contributed by atoms with Crippen molar-refractivity contribution in [3.63, 3.8) is 0 Å². The smallest absolute Gasteiger partial charge is 0.211 e. The Morgan fingerprint density at radius 3 is 2.08 bits per heavy atom. The average Bonchev–Trinajstić information content (AvgIpc) is 2.06. The van der Waals surface area contributed by atoms with Crippen molar-refractivity contribution in [3.05, 3.63) is 0 Å². The predicted octanol–water partition coefficient (Wildman–Crippen LogP) is 1.75. The number of nitrogens with one attached hydrogen (secondary N) is 1. The summed E-state index contributed by atoms with van der Waals surface area (Å²) in [5.41, 5.74) is 0. The topological polar surface area (TPSA) is 46.2 Å². The second-order valence-electron chi connectivity index (χ2n) is 3.35. The molecule has 0 saturated heterocycles. The molecule has 13 heavy (non-hydrogen) atoms. The van der Waals surface area contributed by atoms with Crippen LogP contribution >= 0.6 is 0 Å². The Kier molecular flexibility index (Phi) is 6.33. The van der Waals surface area contributed by atoms with Crippen LogP contribution in [0.1, 0.15) is 40.0 Å². The molecule has 4 heteroatoms. The zero-order chi connectivity index (χ0) is 10.3. The van der Waals surface area contributed by atoms with Crippen molar-refractivity contribution in [3.8, 4) is 0 Å². The molecule has 80 valence electrons. The fraction of sp³-hybridized carbons (Fsp3) is 1.00. The zero-order valence-corrected chi connectivity index (χ0v) is 9.65. The molecule has 0 unspecified atom stereocenters. The van der Waals surface area contributed by atoms with E-state index in [0.717, 1.165) is 12.8 Å². The van der Waals surface area contributed by atoms with Gasteiger partial charge in [0.05, 0.1) is 5.75 Å². The minimum absolute atomic E-state index is 0.243. The van der Waals surface area contributed by atoms with Gasteiger partial charge >= 0.3 is 0 Å². The van der Waals surface area contributed by atoms with Gasteiger partial charge in [-0.3, -0.25) is 0 Å². The lowest BCUT2D eigenvalue weighted by Gasteiger charge is -2.12. The van der Waals surface area contributed by atoms with E-state index in [9.17, 15) is 8.42 Å². The second-order valence-corrected chi connectivity index (χ2v) is 5.28. The van der Waals surface area contributed by atoms with Crippen LogP contribution in [-0.2, 0) is 10.0 Å². The van der Waals surface area contributed by atoms with Crippen LogP contribution < -0.4 is 4.72 Å². The number of hydrogen-bond donors (Lipinski definition) is 1. The fourth-order valence-electron chi connectivity index (χ4n) is 1.16. The molecule has 0 aromatic carbocycles. The van der Waals surface area contributed by atoms with Crippen molar-refractivity contribution >= 4 is 10.0 Å². The maximum absolute atomic E-state index is 11.3. The molecule has 0 radical (unpaired) electrons. The molecular weight excluding hydrogens is 186 g/mol. The lowest BCUT2D eigenvalue weighted by Crippen LogP contribution is -2.30. The van der Waals surface area contributed by atoms with E-state index in [0.29, 0.717) is 18.9 Å². The van der Waals surface area contributed by atoms with Crippen LogP contribution in [0.15, 0.2) is 0 Å². The predicted molar refractivity (Wildman–Crippen MR) is 56.2 cm³/mol. The van der Waals surface area contributed by atoms with Crippen molar-refractivity contribution in [2.75, 3.05) is 12.3 Å². The summed E-state index contributed by atoms with van der Waals surface area (Å²) in [7, 11) is -3.00. The van der Waals surface area contributed by atoms with Gasteiger partial charge in [-0.1, -0.05) is 33.6 Å². The molecule has 3 nitrogen and oxygen atoms in total. The van der Waals surface area contributed by atoms with Gasteiger partial charge in [0.25, 0.3) is 0 Å². The van der Waals surface area contributed by atoms with Gasteiger partial charge in [0, 0.05) is 6.54 Å². The van der Waals surface area contributed by atoms with Crippen molar-refractivity contribution in [1.82, 2.24) is 4.72 Å². The third-order valence-corrected chi connectivity index (χ3v) is 3.77. The highest BCUT2D eigenvalue weighted by Gasteiger charge is 2.10. The molecule has 0 spiro atoms. The van der Waals surface area contributed by atoms with E-state index >= 15 is 0 Å². The lowest BCUT2D eigenvalue weighted by molar-refractivity contribution is 0.478. The van der Waals surface area contributed by atoms with E-state index in [2.05, 4.69) is 18.6 Å². The standard InChI is InChI=1S/C9H21NO2S/c1-4-7-13(11,12)10-8-9(5-2)6-3/h9-10H,4-8H2,1-3H3. The molecule has 0 saturated carbocycles. The maximum Gasteiger partial charge on any atom is 0.211 e. The first-order chi connectivity index (χ1) is 6.05. The van der Waals surface area contributed by atoms with Gasteiger partial charge in [-0.25, -0.2) is 13.1 Å². The summed E-state index contributed by atoms with van der Waals surface area (Å²) in [5.74, 6) is 0.722. The Labute approximate surface area is 82.0 Å². The zero-order valence-electron chi connectivity index (χ0n) is 8.84. The van der Waals surface area contributed by atoms with Crippen molar-refractivity contribution < 1.29 is 8.42 Å². The Morgan fingerprint density at radius 2 is 1.69 bits per heavy atom. The van der Waals surface area contributed by atoms with E-state index in [1.807, 2.05) is 6.92 Å². The molecule has 0 aliphatic rings. The van der Waals surface area contributed by atoms with Gasteiger partial charge in [-0.15, -0.1) is 0 Å². The Hall–Kier alpha value is -0.0900. The average molecular weight is 207 g/mol. The minimum atomic E-state index is -3.00. The Bertz CT molecular complexity index is 208. The number of sulfonamides is 1. The molecule has 0 fully saturated rings. The van der Waals surface area contributed by atoms with Gasteiger partial charge in [0.15, 0.2) is 0 Å². The Balaban J connectivity index is 3.86. The van der Waals surface area contributed by atoms with E-state index in [1.54, 1.807) is 0 Å². The first-order valence-corrected chi connectivity index (χ1v) is 6.68. The van der Waals surface area contributed by atoms with Crippen LogP contribution in [0.3, 0.4) is 0 Å². The summed E-state index contributed by atoms with van der Waals surface area (Å²) < 4.78 is 25.1. The largest absolute Gasteiger partial charge is 0.215 e. The van der Waals surface area contributed by atoms with Crippen LogP contribution in [-0.4, -0.2) is 20.7 Å². The van der Waals surface area contributed by atoms with Gasteiger partial charge in [0.2, 0.25) is 10.0 Å². The normalized spacial score (nSPS) is 12.3. The fourth-order valence-corrected chi connectivity index (χ4v) is 2.33. The maximum atomic E-state index is 11.3. The summed E-state index contributed by atoms with van der Waals surface area (Å²) in [6.07, 6.45) is 2.74. The van der Waals surface area contributed by atoms with Gasteiger partial charge < -0.3 is 0 Å². The summed E-state index contributed by atoms with van der Waals surface area (Å²) >= 11 is 0. The monoisotopic (exact) mass is 207 g/mol. The van der Waals surface area contributed by atoms with Crippen LogP contribution in [0.4, 0.5) is 0 Å². The SMILES string of the molecule is CCCS(=O)(=O)NCC(CC)CC. The highest BCUT2D eigenvalue weighted by Crippen LogP contribution is 2.05. The van der Waals surface area contributed by atoms with E-state index in [4.69, 9.17) is 0 Å². The van der Waals surface area contributed by atoms with Crippen molar-refractivity contribution in [2.24, 2.45) is 5.92 Å². The molecule has 0 aromatic rings. The lowest BCUT2D eigenvalue weighted by atomic mass is 10.0. The summed E-state index contributed by atoms with van der Waals surface area (Å²) in [4.78, 5) is 0. The van der Waals surface area contributed by atoms with Gasteiger partial charge in [0.1, 0.15) is 0 Å². The third-order valence-electron chi connectivity index (χ3n) is 2.22. The van der Waals surface area contributed by atoms with Crippen LogP contribution in [0, 0.1) is 5.92 Å². The minimum Gasteiger partial charge on any atom is -0.215 e. The summed E-state index contributed by atoms with van der Waals surface area (Å²) in [6.45, 7) is 6.64. The number of hydrogen-bond acceptors (Lipinski definition) is 2. The second kappa shape index (κ2) is 6.38. The molecule has 0 aromatic heterocycles. The molecule has 1 N–H and O–H groups in total. The summed E-state index contributed by atoms with van der Waals surface area (Å²) in [5, 5.41) is 0.